The van der Waals surface area contributed by atoms with Crippen LogP contribution in [0.3, 0.4) is 0 Å². The van der Waals surface area contributed by atoms with Gasteiger partial charge in [-0.05, 0) is 0 Å². The number of aliphatic hydroxyl groups is 2. The molecule has 3 atom stereocenters. The molecule has 0 aromatic carbocycles. The van der Waals surface area contributed by atoms with Crippen molar-refractivity contribution in [3.8, 4) is 0 Å². The average Bonchev–Trinajstić information content (AvgIpc) is 2.59. The van der Waals surface area contributed by atoms with Gasteiger partial charge in [-0.1, -0.05) is 6.58 Å². The summed E-state index contributed by atoms with van der Waals surface area (Å²) in [7, 11) is 0. The zero-order valence-electron chi connectivity index (χ0n) is 8.65. The first-order chi connectivity index (χ1) is 7.61. The fourth-order valence-corrected chi connectivity index (χ4v) is 3.10. The van der Waals surface area contributed by atoms with Crippen molar-refractivity contribution in [3.05, 3.63) is 12.4 Å². The summed E-state index contributed by atoms with van der Waals surface area (Å²) in [5, 5.41) is 18.6. The Morgan fingerprint density at radius 3 is 3.00 bits per heavy atom. The molecule has 0 unspecified atom stereocenters. The molecule has 88 valence electrons. The number of aliphatic imine (C=N–C) groups is 2. The van der Waals surface area contributed by atoms with Gasteiger partial charge in [0.15, 0.2) is 0 Å². The minimum Gasteiger partial charge on any atom is -0.395 e. The van der Waals surface area contributed by atoms with Crippen molar-refractivity contribution < 1.29 is 10.2 Å². The van der Waals surface area contributed by atoms with Crippen molar-refractivity contribution in [2.24, 2.45) is 15.7 Å². The summed E-state index contributed by atoms with van der Waals surface area (Å²) >= 11 is 1.49. The van der Waals surface area contributed by atoms with E-state index in [2.05, 4.69) is 16.6 Å². The van der Waals surface area contributed by atoms with E-state index in [0.717, 1.165) is 0 Å². The quantitative estimate of drug-likeness (QED) is 0.595. The molecule has 2 aliphatic rings. The van der Waals surface area contributed by atoms with E-state index in [1.807, 2.05) is 0 Å². The maximum Gasteiger partial charge on any atom is 0.223 e. The van der Waals surface area contributed by atoms with Gasteiger partial charge in [-0.25, -0.2) is 4.99 Å². The third-order valence-electron chi connectivity index (χ3n) is 2.55. The first-order valence-electron chi connectivity index (χ1n) is 4.92. The van der Waals surface area contributed by atoms with Crippen LogP contribution in [0.1, 0.15) is 6.42 Å². The van der Waals surface area contributed by atoms with Gasteiger partial charge in [0.05, 0.1) is 23.3 Å². The van der Waals surface area contributed by atoms with Gasteiger partial charge < -0.3 is 20.8 Å². The predicted octanol–water partition coefficient (Wildman–Crippen LogP) is -0.699. The normalized spacial score (nSPS) is 34.4. The van der Waals surface area contributed by atoms with E-state index in [4.69, 9.17) is 10.8 Å². The van der Waals surface area contributed by atoms with Crippen LogP contribution >= 0.6 is 11.8 Å². The molecule has 7 heteroatoms. The minimum absolute atomic E-state index is 0.000231. The average molecular weight is 242 g/mol. The highest BCUT2D eigenvalue weighted by Crippen LogP contribution is 2.37. The smallest absolute Gasteiger partial charge is 0.223 e. The fraction of sp³-hybridized carbons (Fsp3) is 0.556. The van der Waals surface area contributed by atoms with Crippen LogP contribution < -0.4 is 5.73 Å². The van der Waals surface area contributed by atoms with Gasteiger partial charge in [0.1, 0.15) is 12.2 Å². The number of rotatable bonds is 2. The summed E-state index contributed by atoms with van der Waals surface area (Å²) in [5.74, 6) is 0.694. The Kier molecular flexibility index (Phi) is 3.17. The molecule has 0 aromatic rings. The van der Waals surface area contributed by atoms with Crippen LogP contribution in [0.5, 0.6) is 0 Å². The second-order valence-electron chi connectivity index (χ2n) is 3.65. The molecular weight excluding hydrogens is 228 g/mol. The molecule has 6 nitrogen and oxygen atoms in total. The molecular formula is C9H14N4O2S. The Bertz CT molecular complexity index is 357. The lowest BCUT2D eigenvalue weighted by molar-refractivity contribution is 0.136. The monoisotopic (exact) mass is 242 g/mol. The SMILES string of the molecule is C=C1N=C(N)N=CN1[C@H]1C[C@@H](O)[C@@H](CO)S1. The first-order valence-corrected chi connectivity index (χ1v) is 5.86. The van der Waals surface area contributed by atoms with E-state index < -0.39 is 6.10 Å². The van der Waals surface area contributed by atoms with Crippen molar-refractivity contribution in [2.45, 2.75) is 23.1 Å². The van der Waals surface area contributed by atoms with Crippen LogP contribution in [-0.2, 0) is 0 Å². The highest BCUT2D eigenvalue weighted by Gasteiger charge is 2.37. The molecule has 0 aromatic heterocycles. The Morgan fingerprint density at radius 1 is 1.69 bits per heavy atom. The molecule has 1 saturated heterocycles. The molecule has 4 N–H and O–H groups in total. The summed E-state index contributed by atoms with van der Waals surface area (Å²) in [6, 6.07) is 0. The molecule has 0 amide bonds. The number of guanidine groups is 1. The van der Waals surface area contributed by atoms with Gasteiger partial charge in [-0.3, -0.25) is 0 Å². The molecule has 16 heavy (non-hydrogen) atoms. The number of aliphatic hydroxyl groups excluding tert-OH is 2. The van der Waals surface area contributed by atoms with Crippen molar-refractivity contribution in [1.29, 1.82) is 0 Å². The molecule has 0 spiro atoms. The maximum absolute atomic E-state index is 9.69. The molecule has 0 bridgehead atoms. The lowest BCUT2D eigenvalue weighted by Crippen LogP contribution is -2.33. The Hall–Kier alpha value is -1.05. The van der Waals surface area contributed by atoms with Gasteiger partial charge in [-0.2, -0.15) is 4.99 Å². The van der Waals surface area contributed by atoms with Crippen LogP contribution in [0.25, 0.3) is 0 Å². The highest BCUT2D eigenvalue weighted by molar-refractivity contribution is 8.00. The summed E-state index contributed by atoms with van der Waals surface area (Å²) in [5.41, 5.74) is 5.44. The van der Waals surface area contributed by atoms with Gasteiger partial charge in [0.25, 0.3) is 0 Å². The van der Waals surface area contributed by atoms with E-state index in [9.17, 15) is 5.11 Å². The van der Waals surface area contributed by atoms with Crippen LogP contribution in [0.15, 0.2) is 22.4 Å². The molecule has 2 heterocycles. The Morgan fingerprint density at radius 2 is 2.44 bits per heavy atom. The molecule has 0 saturated carbocycles. The van der Waals surface area contributed by atoms with Crippen LogP contribution in [0.2, 0.25) is 0 Å². The maximum atomic E-state index is 9.69. The Balaban J connectivity index is 2.06. The van der Waals surface area contributed by atoms with E-state index in [1.54, 1.807) is 11.2 Å². The summed E-state index contributed by atoms with van der Waals surface area (Å²) < 4.78 is 0. The number of nitrogens with two attached hydrogens (primary N) is 1. The number of nitrogens with zero attached hydrogens (tertiary/aromatic N) is 3. The molecule has 2 aliphatic heterocycles. The molecule has 0 radical (unpaired) electrons. The van der Waals surface area contributed by atoms with Crippen LogP contribution in [0.4, 0.5) is 0 Å². The third kappa shape index (κ3) is 2.06. The zero-order chi connectivity index (χ0) is 11.7. The van der Waals surface area contributed by atoms with E-state index in [1.165, 1.54) is 11.8 Å². The van der Waals surface area contributed by atoms with E-state index in [-0.39, 0.29) is 23.2 Å². The van der Waals surface area contributed by atoms with Crippen molar-refractivity contribution in [1.82, 2.24) is 4.90 Å². The van der Waals surface area contributed by atoms with Gasteiger partial charge in [0.2, 0.25) is 5.96 Å². The van der Waals surface area contributed by atoms with Gasteiger partial charge >= 0.3 is 0 Å². The molecule has 1 fully saturated rings. The van der Waals surface area contributed by atoms with E-state index in [0.29, 0.717) is 12.2 Å². The number of hydrogen-bond acceptors (Lipinski definition) is 7. The highest BCUT2D eigenvalue weighted by atomic mass is 32.2. The second kappa shape index (κ2) is 4.44. The van der Waals surface area contributed by atoms with Crippen LogP contribution in [-0.4, -0.2) is 50.7 Å². The molecule has 2 rings (SSSR count). The van der Waals surface area contributed by atoms with Gasteiger partial charge in [-0.15, -0.1) is 11.8 Å². The molecule has 0 aliphatic carbocycles. The number of thioether (sulfide) groups is 1. The predicted molar refractivity (Wildman–Crippen MR) is 64.0 cm³/mol. The third-order valence-corrected chi connectivity index (χ3v) is 4.10. The van der Waals surface area contributed by atoms with Crippen LogP contribution in [0, 0.1) is 0 Å². The summed E-state index contributed by atoms with van der Waals surface area (Å²) in [4.78, 5) is 9.61. The van der Waals surface area contributed by atoms with Gasteiger partial charge in [0, 0.05) is 6.42 Å². The standard InChI is InChI=1S/C9H14N4O2S/c1-5-12-9(10)11-4-13(5)8-2-6(15)7(3-14)16-8/h4,6-8,14-15H,1-3H2,(H2,10,12)/t6-,7-,8-/m1/s1. The summed E-state index contributed by atoms with van der Waals surface area (Å²) in [6.07, 6.45) is 1.61. The second-order valence-corrected chi connectivity index (χ2v) is 5.07. The van der Waals surface area contributed by atoms with E-state index >= 15 is 0 Å². The Labute approximate surface area is 97.6 Å². The topological polar surface area (TPSA) is 94.4 Å². The lowest BCUT2D eigenvalue weighted by atomic mass is 10.2. The largest absolute Gasteiger partial charge is 0.395 e. The number of hydrogen-bond donors (Lipinski definition) is 3. The fourth-order valence-electron chi connectivity index (χ4n) is 1.70. The minimum atomic E-state index is -0.510. The first kappa shape index (κ1) is 11.4. The summed E-state index contributed by atoms with van der Waals surface area (Å²) in [6.45, 7) is 3.74. The van der Waals surface area contributed by atoms with Crippen molar-refractivity contribution >= 4 is 24.1 Å². The lowest BCUT2D eigenvalue weighted by Gasteiger charge is -2.27. The van der Waals surface area contributed by atoms with Crippen molar-refractivity contribution in [2.75, 3.05) is 6.61 Å². The zero-order valence-corrected chi connectivity index (χ0v) is 9.47. The van der Waals surface area contributed by atoms with Crippen molar-refractivity contribution in [3.63, 3.8) is 0 Å².